The average molecular weight is 346 g/mol. The van der Waals surface area contributed by atoms with Crippen molar-refractivity contribution in [2.75, 3.05) is 38.7 Å². The molecule has 3 rings (SSSR count). The van der Waals surface area contributed by atoms with Crippen LogP contribution in [0.25, 0.3) is 0 Å². The van der Waals surface area contributed by atoms with Crippen LogP contribution in [0.15, 0.2) is 35.2 Å². The van der Waals surface area contributed by atoms with Gasteiger partial charge >= 0.3 is 6.03 Å². The van der Waals surface area contributed by atoms with Crippen LogP contribution in [0.3, 0.4) is 0 Å². The average Bonchev–Trinajstić information content (AvgIpc) is 3.14. The summed E-state index contributed by atoms with van der Waals surface area (Å²) < 4.78 is 5.78. The van der Waals surface area contributed by atoms with Gasteiger partial charge in [-0.3, -0.25) is 0 Å². The van der Waals surface area contributed by atoms with Crippen LogP contribution in [0, 0.1) is 0 Å². The maximum atomic E-state index is 12.5. The highest BCUT2D eigenvalue weighted by molar-refractivity contribution is 7.07. The van der Waals surface area contributed by atoms with E-state index in [4.69, 9.17) is 4.74 Å². The maximum Gasteiger partial charge on any atom is 0.317 e. The van der Waals surface area contributed by atoms with E-state index in [-0.39, 0.29) is 12.1 Å². The third-order valence-electron chi connectivity index (χ3n) is 3.99. The van der Waals surface area contributed by atoms with Gasteiger partial charge in [-0.15, -0.1) is 0 Å². The maximum absolute atomic E-state index is 12.5. The third-order valence-corrected chi connectivity index (χ3v) is 4.69. The molecule has 0 radical (unpaired) electrons. The van der Waals surface area contributed by atoms with Crippen LogP contribution in [0.1, 0.15) is 17.2 Å². The molecule has 2 aromatic heterocycles. The SMILES string of the molecule is CN(C)c1ncccc1CNC(=O)N1CCO[C@H](c2ccsc2)C1. The first-order valence-electron chi connectivity index (χ1n) is 7.93. The lowest BCUT2D eigenvalue weighted by Crippen LogP contribution is -2.47. The minimum Gasteiger partial charge on any atom is -0.370 e. The Balaban J connectivity index is 1.59. The smallest absolute Gasteiger partial charge is 0.317 e. The minimum atomic E-state index is -0.0629. The molecule has 0 saturated carbocycles. The summed E-state index contributed by atoms with van der Waals surface area (Å²) in [5.74, 6) is 0.871. The van der Waals surface area contributed by atoms with Crippen molar-refractivity contribution in [2.45, 2.75) is 12.6 Å². The summed E-state index contributed by atoms with van der Waals surface area (Å²) in [6.45, 7) is 2.21. The van der Waals surface area contributed by atoms with E-state index >= 15 is 0 Å². The second-order valence-electron chi connectivity index (χ2n) is 5.90. The van der Waals surface area contributed by atoms with Gasteiger partial charge in [0.1, 0.15) is 11.9 Å². The topological polar surface area (TPSA) is 57.7 Å². The van der Waals surface area contributed by atoms with Crippen LogP contribution in [0.5, 0.6) is 0 Å². The number of hydrogen-bond donors (Lipinski definition) is 1. The molecule has 0 unspecified atom stereocenters. The predicted octanol–water partition coefficient (Wildman–Crippen LogP) is 2.49. The van der Waals surface area contributed by atoms with Gasteiger partial charge in [-0.05, 0) is 28.5 Å². The Hall–Kier alpha value is -2.12. The number of carbonyl (C=O) groups is 1. The van der Waals surface area contributed by atoms with Crippen LogP contribution >= 0.6 is 11.3 Å². The summed E-state index contributed by atoms with van der Waals surface area (Å²) >= 11 is 1.64. The molecule has 6 nitrogen and oxygen atoms in total. The number of anilines is 1. The number of rotatable bonds is 4. The molecule has 3 heterocycles. The van der Waals surface area contributed by atoms with Crippen LogP contribution in [0.2, 0.25) is 0 Å². The summed E-state index contributed by atoms with van der Waals surface area (Å²) in [5.41, 5.74) is 2.14. The van der Waals surface area contributed by atoms with Gasteiger partial charge in [-0.25, -0.2) is 9.78 Å². The molecule has 0 bridgehead atoms. The number of hydrogen-bond acceptors (Lipinski definition) is 5. The number of urea groups is 1. The first-order valence-corrected chi connectivity index (χ1v) is 8.87. The standard InChI is InChI=1S/C17H22N4O2S/c1-20(2)16-13(4-3-6-18-16)10-19-17(22)21-7-8-23-15(11-21)14-5-9-24-12-14/h3-6,9,12,15H,7-8,10-11H2,1-2H3,(H,19,22)/t15-/m0/s1. The molecule has 1 aliphatic heterocycles. The van der Waals surface area contributed by atoms with E-state index in [1.807, 2.05) is 41.4 Å². The summed E-state index contributed by atoms with van der Waals surface area (Å²) in [6.07, 6.45) is 1.72. The van der Waals surface area contributed by atoms with Crippen molar-refractivity contribution in [3.63, 3.8) is 0 Å². The van der Waals surface area contributed by atoms with Gasteiger partial charge in [-0.2, -0.15) is 11.3 Å². The third kappa shape index (κ3) is 3.85. The molecule has 1 fully saturated rings. The van der Waals surface area contributed by atoms with Crippen molar-refractivity contribution < 1.29 is 9.53 Å². The summed E-state index contributed by atoms with van der Waals surface area (Å²) in [6, 6.07) is 5.86. The highest BCUT2D eigenvalue weighted by atomic mass is 32.1. The van der Waals surface area contributed by atoms with Crippen LogP contribution in [-0.4, -0.2) is 49.7 Å². The fourth-order valence-electron chi connectivity index (χ4n) is 2.75. The van der Waals surface area contributed by atoms with Gasteiger partial charge in [0.15, 0.2) is 0 Å². The Morgan fingerprint density at radius 1 is 1.50 bits per heavy atom. The van der Waals surface area contributed by atoms with E-state index in [1.54, 1.807) is 17.5 Å². The molecule has 128 valence electrons. The van der Waals surface area contributed by atoms with Gasteiger partial charge in [0.2, 0.25) is 0 Å². The largest absolute Gasteiger partial charge is 0.370 e. The van der Waals surface area contributed by atoms with E-state index in [0.717, 1.165) is 16.9 Å². The van der Waals surface area contributed by atoms with Gasteiger partial charge in [0.05, 0.1) is 13.2 Å². The molecule has 0 spiro atoms. The molecule has 1 atom stereocenters. The Morgan fingerprint density at radius 2 is 2.38 bits per heavy atom. The minimum absolute atomic E-state index is 0.0357. The van der Waals surface area contributed by atoms with Crippen LogP contribution < -0.4 is 10.2 Å². The number of pyridine rings is 1. The summed E-state index contributed by atoms with van der Waals surface area (Å²) in [7, 11) is 3.89. The molecule has 24 heavy (non-hydrogen) atoms. The van der Waals surface area contributed by atoms with Gasteiger partial charge in [0.25, 0.3) is 0 Å². The van der Waals surface area contributed by atoms with Crippen LogP contribution in [0.4, 0.5) is 10.6 Å². The van der Waals surface area contributed by atoms with E-state index < -0.39 is 0 Å². The first kappa shape index (κ1) is 16.7. The number of nitrogens with one attached hydrogen (secondary N) is 1. The Kier molecular flexibility index (Phi) is 5.32. The molecular weight excluding hydrogens is 324 g/mol. The quantitative estimate of drug-likeness (QED) is 0.924. The zero-order valence-electron chi connectivity index (χ0n) is 13.9. The molecule has 0 aromatic carbocycles. The van der Waals surface area contributed by atoms with Crippen molar-refractivity contribution in [3.8, 4) is 0 Å². The zero-order chi connectivity index (χ0) is 16.9. The lowest BCUT2D eigenvalue weighted by Gasteiger charge is -2.32. The summed E-state index contributed by atoms with van der Waals surface area (Å²) in [4.78, 5) is 20.6. The molecule has 2 aromatic rings. The van der Waals surface area contributed by atoms with Gasteiger partial charge < -0.3 is 19.9 Å². The van der Waals surface area contributed by atoms with Crippen molar-refractivity contribution >= 4 is 23.2 Å². The van der Waals surface area contributed by atoms with E-state index in [0.29, 0.717) is 26.2 Å². The molecule has 1 aliphatic rings. The van der Waals surface area contributed by atoms with Crippen molar-refractivity contribution in [1.82, 2.24) is 15.2 Å². The number of ether oxygens (including phenoxy) is 1. The van der Waals surface area contributed by atoms with E-state index in [2.05, 4.69) is 21.7 Å². The molecule has 1 saturated heterocycles. The predicted molar refractivity (Wildman–Crippen MR) is 95.4 cm³/mol. The van der Waals surface area contributed by atoms with Crippen molar-refractivity contribution in [1.29, 1.82) is 0 Å². The highest BCUT2D eigenvalue weighted by Gasteiger charge is 2.25. The molecular formula is C17H22N4O2S. The number of nitrogens with zero attached hydrogens (tertiary/aromatic N) is 3. The Labute approximate surface area is 146 Å². The van der Waals surface area contributed by atoms with E-state index in [1.165, 1.54) is 0 Å². The van der Waals surface area contributed by atoms with Gasteiger partial charge in [-0.1, -0.05) is 6.07 Å². The lowest BCUT2D eigenvalue weighted by atomic mass is 10.1. The fraction of sp³-hybridized carbons (Fsp3) is 0.412. The lowest BCUT2D eigenvalue weighted by molar-refractivity contribution is -0.0152. The van der Waals surface area contributed by atoms with Gasteiger partial charge in [0, 0.05) is 38.9 Å². The Morgan fingerprint density at radius 3 is 3.12 bits per heavy atom. The van der Waals surface area contributed by atoms with E-state index in [9.17, 15) is 4.79 Å². The number of amides is 2. The monoisotopic (exact) mass is 346 g/mol. The van der Waals surface area contributed by atoms with Crippen LogP contribution in [-0.2, 0) is 11.3 Å². The number of morpholine rings is 1. The second-order valence-corrected chi connectivity index (χ2v) is 6.68. The molecule has 7 heteroatoms. The van der Waals surface area contributed by atoms with Crippen molar-refractivity contribution in [3.05, 3.63) is 46.3 Å². The normalized spacial score (nSPS) is 17.6. The second kappa shape index (κ2) is 7.63. The first-order chi connectivity index (χ1) is 11.6. The fourth-order valence-corrected chi connectivity index (χ4v) is 3.45. The number of aromatic nitrogens is 1. The summed E-state index contributed by atoms with van der Waals surface area (Å²) in [5, 5.41) is 7.10. The van der Waals surface area contributed by atoms with Crippen molar-refractivity contribution in [2.24, 2.45) is 0 Å². The molecule has 0 aliphatic carbocycles. The highest BCUT2D eigenvalue weighted by Crippen LogP contribution is 2.24. The number of carbonyl (C=O) groups excluding carboxylic acids is 1. The molecule has 2 amide bonds. The molecule has 1 N–H and O–H groups in total. The number of thiophene rings is 1. The Bertz CT molecular complexity index is 675. The zero-order valence-corrected chi connectivity index (χ0v) is 14.8.